The highest BCUT2D eigenvalue weighted by Gasteiger charge is 2.19. The van der Waals surface area contributed by atoms with E-state index in [2.05, 4.69) is 10.3 Å². The van der Waals surface area contributed by atoms with Crippen molar-refractivity contribution < 1.29 is 9.94 Å². The van der Waals surface area contributed by atoms with Crippen LogP contribution in [0.2, 0.25) is 0 Å². The summed E-state index contributed by atoms with van der Waals surface area (Å²) < 4.78 is 0. The highest BCUT2D eigenvalue weighted by molar-refractivity contribution is 5.85. The first-order valence-electron chi connectivity index (χ1n) is 3.24. The van der Waals surface area contributed by atoms with Crippen molar-refractivity contribution in [1.82, 2.24) is 5.48 Å². The van der Waals surface area contributed by atoms with Crippen molar-refractivity contribution in [3.8, 4) is 0 Å². The van der Waals surface area contributed by atoms with Gasteiger partial charge in [0, 0.05) is 12.6 Å². The van der Waals surface area contributed by atoms with Gasteiger partial charge in [0.1, 0.15) is 0 Å². The van der Waals surface area contributed by atoms with Crippen LogP contribution < -0.4 is 5.48 Å². The fourth-order valence-corrected chi connectivity index (χ4v) is 0.368. The Morgan fingerprint density at radius 1 is 1.60 bits per heavy atom. The highest BCUT2D eigenvalue weighted by atomic mass is 35.5. The topological polar surface area (TPSA) is 41.5 Å². The molecule has 0 bridgehead atoms. The number of hydrogen-bond acceptors (Lipinski definition) is 3. The first-order valence-corrected chi connectivity index (χ1v) is 3.24. The first-order chi connectivity index (χ1) is 4.35. The normalized spacial score (nSPS) is 14.7. The van der Waals surface area contributed by atoms with Crippen LogP contribution in [-0.2, 0) is 4.84 Å². The van der Waals surface area contributed by atoms with Gasteiger partial charge in [-0.3, -0.25) is 0 Å². The zero-order valence-corrected chi connectivity index (χ0v) is 7.28. The lowest BCUT2D eigenvalue weighted by Crippen LogP contribution is -2.12. The summed E-state index contributed by atoms with van der Waals surface area (Å²) in [4.78, 5) is 4.62. The minimum atomic E-state index is 0. The molecule has 0 spiro atoms. The van der Waals surface area contributed by atoms with E-state index in [1.54, 1.807) is 14.0 Å². The summed E-state index contributed by atoms with van der Waals surface area (Å²) in [6.07, 6.45) is 2.57. The molecule has 0 aliphatic heterocycles. The van der Waals surface area contributed by atoms with Crippen LogP contribution in [0.5, 0.6) is 0 Å². The summed E-state index contributed by atoms with van der Waals surface area (Å²) in [6.45, 7) is 1.93. The maximum Gasteiger partial charge on any atom is 0.0572 e. The van der Waals surface area contributed by atoms with Gasteiger partial charge in [0.05, 0.1) is 7.11 Å². The Morgan fingerprint density at radius 3 is 2.10 bits per heavy atom. The maximum atomic E-state index is 7.57. The van der Waals surface area contributed by atoms with Crippen LogP contribution in [-0.4, -0.2) is 24.9 Å². The van der Waals surface area contributed by atoms with Gasteiger partial charge in [0.15, 0.2) is 0 Å². The molecule has 0 radical (unpaired) electrons. The molecule has 64 valence electrons. The third-order valence-electron chi connectivity index (χ3n) is 0.862. The van der Waals surface area contributed by atoms with Gasteiger partial charge in [-0.15, -0.1) is 12.4 Å². The molecule has 1 aliphatic rings. The molecule has 3 nitrogen and oxygen atoms in total. The molecular formula is C6H16ClNO2. The zero-order chi connectivity index (χ0) is 7.11. The Balaban J connectivity index is 0. The first kappa shape index (κ1) is 12.8. The number of rotatable bonds is 2. The summed E-state index contributed by atoms with van der Waals surface area (Å²) in [7, 11) is 1.65. The standard InChI is InChI=1S/C4H9NO.C2H6O.ClH/c1-6-5-4-2-3-4;1-2-3;/h4-5H,2-3H2,1H3;3H,2H2,1H3;1H. The van der Waals surface area contributed by atoms with Crippen LogP contribution in [0.15, 0.2) is 0 Å². The number of halogens is 1. The highest BCUT2D eigenvalue weighted by Crippen LogP contribution is 2.17. The van der Waals surface area contributed by atoms with Crippen molar-refractivity contribution in [2.75, 3.05) is 13.7 Å². The van der Waals surface area contributed by atoms with Gasteiger partial charge in [-0.05, 0) is 19.8 Å². The van der Waals surface area contributed by atoms with E-state index in [9.17, 15) is 0 Å². The fourth-order valence-electron chi connectivity index (χ4n) is 0.368. The molecule has 1 aliphatic carbocycles. The van der Waals surface area contributed by atoms with Gasteiger partial charge in [-0.2, -0.15) is 5.48 Å². The summed E-state index contributed by atoms with van der Waals surface area (Å²) in [5, 5.41) is 7.57. The van der Waals surface area contributed by atoms with E-state index >= 15 is 0 Å². The van der Waals surface area contributed by atoms with E-state index in [-0.39, 0.29) is 19.0 Å². The molecule has 0 atom stereocenters. The molecule has 0 amide bonds. The van der Waals surface area contributed by atoms with Crippen LogP contribution in [0.1, 0.15) is 19.8 Å². The zero-order valence-electron chi connectivity index (χ0n) is 6.46. The smallest absolute Gasteiger partial charge is 0.0572 e. The van der Waals surface area contributed by atoms with Crippen LogP contribution >= 0.6 is 12.4 Å². The lowest BCUT2D eigenvalue weighted by Gasteiger charge is -1.91. The van der Waals surface area contributed by atoms with Crippen LogP contribution in [0.3, 0.4) is 0 Å². The molecule has 0 aromatic rings. The summed E-state index contributed by atoms with van der Waals surface area (Å²) in [6, 6.07) is 0.676. The second-order valence-corrected chi connectivity index (χ2v) is 1.91. The lowest BCUT2D eigenvalue weighted by molar-refractivity contribution is 0.0863. The minimum absolute atomic E-state index is 0. The van der Waals surface area contributed by atoms with E-state index in [0.717, 1.165) is 0 Å². The van der Waals surface area contributed by atoms with E-state index in [0.29, 0.717) is 6.04 Å². The number of nitrogens with one attached hydrogen (secondary N) is 1. The average Bonchev–Trinajstić information content (AvgIpc) is 2.53. The van der Waals surface area contributed by atoms with Crippen molar-refractivity contribution in [2.45, 2.75) is 25.8 Å². The number of aliphatic hydroxyl groups is 1. The summed E-state index contributed by atoms with van der Waals surface area (Å²) >= 11 is 0. The monoisotopic (exact) mass is 169 g/mol. The molecule has 0 heterocycles. The van der Waals surface area contributed by atoms with Gasteiger partial charge in [-0.1, -0.05) is 0 Å². The van der Waals surface area contributed by atoms with E-state index in [1.807, 2.05) is 0 Å². The third-order valence-corrected chi connectivity index (χ3v) is 0.862. The Morgan fingerprint density at radius 2 is 2.00 bits per heavy atom. The molecule has 1 rings (SSSR count). The second-order valence-electron chi connectivity index (χ2n) is 1.91. The molecule has 1 saturated carbocycles. The second kappa shape index (κ2) is 9.17. The average molecular weight is 170 g/mol. The van der Waals surface area contributed by atoms with Gasteiger partial charge in [0.2, 0.25) is 0 Å². The molecule has 2 N–H and O–H groups in total. The predicted molar refractivity (Wildman–Crippen MR) is 43.2 cm³/mol. The summed E-state index contributed by atoms with van der Waals surface area (Å²) in [5.74, 6) is 0. The Hall–Kier alpha value is 0.170. The SMILES string of the molecule is CCO.CONC1CC1.Cl. The van der Waals surface area contributed by atoms with Crippen molar-refractivity contribution in [3.63, 3.8) is 0 Å². The van der Waals surface area contributed by atoms with Crippen LogP contribution in [0.25, 0.3) is 0 Å². The van der Waals surface area contributed by atoms with Crippen molar-refractivity contribution in [3.05, 3.63) is 0 Å². The predicted octanol–water partition coefficient (Wildman–Crippen LogP) is 0.720. The van der Waals surface area contributed by atoms with Gasteiger partial charge < -0.3 is 9.94 Å². The van der Waals surface area contributed by atoms with Crippen LogP contribution in [0.4, 0.5) is 0 Å². The molecule has 1 fully saturated rings. The molecule has 0 aromatic heterocycles. The summed E-state index contributed by atoms with van der Waals surface area (Å²) in [5.41, 5.74) is 2.82. The lowest BCUT2D eigenvalue weighted by atomic mass is 10.8. The molecule has 4 heteroatoms. The van der Waals surface area contributed by atoms with Gasteiger partial charge in [0.25, 0.3) is 0 Å². The quantitative estimate of drug-likeness (QED) is 0.599. The van der Waals surface area contributed by atoms with Gasteiger partial charge in [-0.25, -0.2) is 0 Å². The third kappa shape index (κ3) is 11.0. The number of hydroxylamine groups is 1. The Bertz CT molecular complexity index is 59.7. The molecule has 0 saturated heterocycles. The minimum Gasteiger partial charge on any atom is -0.397 e. The Labute approximate surface area is 68.1 Å². The largest absolute Gasteiger partial charge is 0.397 e. The maximum absolute atomic E-state index is 7.57. The molecule has 10 heavy (non-hydrogen) atoms. The molecule has 0 unspecified atom stereocenters. The molecular weight excluding hydrogens is 154 g/mol. The van der Waals surface area contributed by atoms with Crippen molar-refractivity contribution in [2.24, 2.45) is 0 Å². The molecule has 0 aromatic carbocycles. The van der Waals surface area contributed by atoms with Crippen LogP contribution in [0, 0.1) is 0 Å². The van der Waals surface area contributed by atoms with E-state index < -0.39 is 0 Å². The van der Waals surface area contributed by atoms with Crippen molar-refractivity contribution in [1.29, 1.82) is 0 Å². The number of aliphatic hydroxyl groups excluding tert-OH is 1. The van der Waals surface area contributed by atoms with E-state index in [4.69, 9.17) is 5.11 Å². The van der Waals surface area contributed by atoms with Crippen molar-refractivity contribution >= 4 is 12.4 Å². The van der Waals surface area contributed by atoms with E-state index in [1.165, 1.54) is 12.8 Å². The van der Waals surface area contributed by atoms with Gasteiger partial charge >= 0.3 is 0 Å². The number of hydrogen-bond donors (Lipinski definition) is 2. The fraction of sp³-hybridized carbons (Fsp3) is 1.00. The Kier molecular flexibility index (Phi) is 11.7.